The molecule has 2 unspecified atom stereocenters. The molecule has 0 aliphatic heterocycles. The maximum absolute atomic E-state index is 12.2. The zero-order chi connectivity index (χ0) is 20.4. The molecular weight excluding hydrogens is 394 g/mol. The predicted molar refractivity (Wildman–Crippen MR) is 106 cm³/mol. The number of ether oxygens (including phenoxy) is 1. The largest absolute Gasteiger partial charge is 0.452 e. The van der Waals surface area contributed by atoms with Crippen LogP contribution < -0.4 is 5.32 Å². The number of hydrogen-bond acceptors (Lipinski definition) is 6. The lowest BCUT2D eigenvalue weighted by molar-refractivity contribution is -0.117. The smallest absolute Gasteiger partial charge is 0.338 e. The Balaban J connectivity index is 1.33. The summed E-state index contributed by atoms with van der Waals surface area (Å²) in [6, 6.07) is 13.6. The van der Waals surface area contributed by atoms with Crippen molar-refractivity contribution in [2.75, 3.05) is 5.32 Å². The van der Waals surface area contributed by atoms with Gasteiger partial charge in [0.25, 0.3) is 5.89 Å². The molecule has 2 aromatic carbocycles. The highest BCUT2D eigenvalue weighted by atomic mass is 35.5. The number of rotatable bonds is 6. The summed E-state index contributed by atoms with van der Waals surface area (Å²) in [7, 11) is 0. The topological polar surface area (TPSA) is 94.3 Å². The summed E-state index contributed by atoms with van der Waals surface area (Å²) in [5.74, 6) is 0.425. The normalized spacial score (nSPS) is 17.6. The van der Waals surface area contributed by atoms with Gasteiger partial charge in [0.05, 0.1) is 16.1 Å². The van der Waals surface area contributed by atoms with E-state index in [0.29, 0.717) is 27.8 Å². The summed E-state index contributed by atoms with van der Waals surface area (Å²) < 4.78 is 10.7. The number of carbonyl (C=O) groups excluding carboxylic acids is 2. The third kappa shape index (κ3) is 4.46. The second kappa shape index (κ2) is 8.05. The average molecular weight is 412 g/mol. The summed E-state index contributed by atoms with van der Waals surface area (Å²) in [6.07, 6.45) is 0.921. The van der Waals surface area contributed by atoms with Gasteiger partial charge in [-0.25, -0.2) is 4.79 Å². The highest BCUT2D eigenvalue weighted by molar-refractivity contribution is 6.33. The molecule has 0 radical (unpaired) electrons. The van der Waals surface area contributed by atoms with Gasteiger partial charge in [-0.2, -0.15) is 0 Å². The molecule has 1 heterocycles. The number of benzene rings is 2. The third-order valence-corrected chi connectivity index (χ3v) is 5.06. The van der Waals surface area contributed by atoms with Crippen LogP contribution in [0.3, 0.4) is 0 Å². The van der Waals surface area contributed by atoms with Gasteiger partial charge in [0.15, 0.2) is 6.61 Å². The molecule has 3 aromatic rings. The number of aromatic nitrogens is 2. The number of amides is 1. The number of anilines is 1. The predicted octanol–water partition coefficient (Wildman–Crippen LogP) is 4.34. The molecule has 1 aliphatic rings. The van der Waals surface area contributed by atoms with E-state index in [4.69, 9.17) is 20.8 Å². The lowest BCUT2D eigenvalue weighted by Gasteiger charge is -2.06. The number of nitrogens with zero attached hydrogens (tertiary/aromatic N) is 2. The number of nitrogens with one attached hydrogen (secondary N) is 1. The SMILES string of the molecule is CC1CC1C(=O)Nc1ccc(C(=O)OCc2nnc(-c3ccccc3Cl)o2)cc1. The van der Waals surface area contributed by atoms with E-state index in [0.717, 1.165) is 6.42 Å². The van der Waals surface area contributed by atoms with Crippen LogP contribution in [0.15, 0.2) is 52.9 Å². The molecule has 148 valence electrons. The van der Waals surface area contributed by atoms with Crippen LogP contribution >= 0.6 is 11.6 Å². The van der Waals surface area contributed by atoms with Crippen LogP contribution in [0.25, 0.3) is 11.5 Å². The van der Waals surface area contributed by atoms with Crippen molar-refractivity contribution in [2.24, 2.45) is 11.8 Å². The van der Waals surface area contributed by atoms with E-state index < -0.39 is 5.97 Å². The number of halogens is 1. The Morgan fingerprint density at radius 3 is 2.59 bits per heavy atom. The van der Waals surface area contributed by atoms with E-state index in [9.17, 15) is 9.59 Å². The van der Waals surface area contributed by atoms with Crippen LogP contribution in [0.2, 0.25) is 5.02 Å². The average Bonchev–Trinajstić information content (AvgIpc) is 3.28. The van der Waals surface area contributed by atoms with Crippen molar-refractivity contribution in [1.29, 1.82) is 0 Å². The molecular formula is C21H18ClN3O4. The second-order valence-electron chi connectivity index (χ2n) is 6.94. The Bertz CT molecular complexity index is 1050. The summed E-state index contributed by atoms with van der Waals surface area (Å²) in [4.78, 5) is 24.2. The molecule has 0 saturated heterocycles. The number of esters is 1. The van der Waals surface area contributed by atoms with Crippen molar-refractivity contribution >= 4 is 29.2 Å². The second-order valence-corrected chi connectivity index (χ2v) is 7.35. The molecule has 1 aromatic heterocycles. The van der Waals surface area contributed by atoms with Gasteiger partial charge in [0.1, 0.15) is 0 Å². The minimum absolute atomic E-state index is 0.0125. The van der Waals surface area contributed by atoms with Gasteiger partial charge >= 0.3 is 5.97 Å². The van der Waals surface area contributed by atoms with Gasteiger partial charge in [-0.3, -0.25) is 4.79 Å². The van der Waals surface area contributed by atoms with E-state index in [1.54, 1.807) is 42.5 Å². The van der Waals surface area contributed by atoms with Crippen molar-refractivity contribution in [2.45, 2.75) is 20.0 Å². The van der Waals surface area contributed by atoms with Gasteiger partial charge in [-0.15, -0.1) is 10.2 Å². The molecule has 0 spiro atoms. The molecule has 1 saturated carbocycles. The van der Waals surface area contributed by atoms with Crippen LogP contribution in [0.1, 0.15) is 29.6 Å². The van der Waals surface area contributed by atoms with Gasteiger partial charge in [0.2, 0.25) is 11.8 Å². The molecule has 2 atom stereocenters. The number of carbonyl (C=O) groups is 2. The Morgan fingerprint density at radius 1 is 1.17 bits per heavy atom. The molecule has 1 aliphatic carbocycles. The minimum atomic E-state index is -0.531. The first-order valence-electron chi connectivity index (χ1n) is 9.16. The highest BCUT2D eigenvalue weighted by Crippen LogP contribution is 2.38. The summed E-state index contributed by atoms with van der Waals surface area (Å²) in [5.41, 5.74) is 1.61. The van der Waals surface area contributed by atoms with E-state index in [1.807, 2.05) is 13.0 Å². The van der Waals surface area contributed by atoms with Gasteiger partial charge in [-0.05, 0) is 48.7 Å². The van der Waals surface area contributed by atoms with Crippen LogP contribution in [-0.4, -0.2) is 22.1 Å². The fraction of sp³-hybridized carbons (Fsp3) is 0.238. The molecule has 29 heavy (non-hydrogen) atoms. The van der Waals surface area contributed by atoms with Crippen molar-refractivity contribution in [3.63, 3.8) is 0 Å². The van der Waals surface area contributed by atoms with Gasteiger partial charge < -0.3 is 14.5 Å². The van der Waals surface area contributed by atoms with Crippen molar-refractivity contribution in [3.05, 3.63) is 65.0 Å². The van der Waals surface area contributed by atoms with E-state index in [2.05, 4.69) is 15.5 Å². The fourth-order valence-corrected chi connectivity index (χ4v) is 3.09. The summed E-state index contributed by atoms with van der Waals surface area (Å²) in [6.45, 7) is 1.89. The van der Waals surface area contributed by atoms with E-state index in [1.165, 1.54) is 0 Å². The molecule has 4 rings (SSSR count). The molecule has 1 N–H and O–H groups in total. The fourth-order valence-electron chi connectivity index (χ4n) is 2.88. The first kappa shape index (κ1) is 19.1. The first-order valence-corrected chi connectivity index (χ1v) is 9.54. The Hall–Kier alpha value is -3.19. The minimum Gasteiger partial charge on any atom is -0.452 e. The van der Waals surface area contributed by atoms with Crippen molar-refractivity contribution in [3.8, 4) is 11.5 Å². The monoisotopic (exact) mass is 411 g/mol. The number of hydrogen-bond donors (Lipinski definition) is 1. The highest BCUT2D eigenvalue weighted by Gasteiger charge is 2.39. The maximum Gasteiger partial charge on any atom is 0.338 e. The van der Waals surface area contributed by atoms with Crippen LogP contribution in [0, 0.1) is 11.8 Å². The quantitative estimate of drug-likeness (QED) is 0.606. The van der Waals surface area contributed by atoms with Gasteiger partial charge in [-0.1, -0.05) is 30.7 Å². The maximum atomic E-state index is 12.2. The lowest BCUT2D eigenvalue weighted by atomic mass is 10.2. The Morgan fingerprint density at radius 2 is 1.90 bits per heavy atom. The van der Waals surface area contributed by atoms with Crippen molar-refractivity contribution in [1.82, 2.24) is 10.2 Å². The van der Waals surface area contributed by atoms with E-state index in [-0.39, 0.29) is 30.2 Å². The third-order valence-electron chi connectivity index (χ3n) is 4.73. The molecule has 0 bridgehead atoms. The molecule has 8 heteroatoms. The Kier molecular flexibility index (Phi) is 5.31. The Labute approximate surface area is 172 Å². The van der Waals surface area contributed by atoms with E-state index >= 15 is 0 Å². The van der Waals surface area contributed by atoms with Crippen LogP contribution in [0.5, 0.6) is 0 Å². The molecule has 1 fully saturated rings. The zero-order valence-electron chi connectivity index (χ0n) is 15.6. The zero-order valence-corrected chi connectivity index (χ0v) is 16.3. The van der Waals surface area contributed by atoms with Crippen molar-refractivity contribution < 1.29 is 18.7 Å². The van der Waals surface area contributed by atoms with Gasteiger partial charge in [0, 0.05) is 11.6 Å². The summed E-state index contributed by atoms with van der Waals surface area (Å²) >= 11 is 6.11. The molecule has 1 amide bonds. The summed E-state index contributed by atoms with van der Waals surface area (Å²) in [5, 5.41) is 11.1. The molecule has 7 nitrogen and oxygen atoms in total. The lowest BCUT2D eigenvalue weighted by Crippen LogP contribution is -2.14. The standard InChI is InChI=1S/C21H18ClN3O4/c1-12-10-16(12)19(26)23-14-8-6-13(7-9-14)21(27)28-11-18-24-25-20(29-18)15-4-2-3-5-17(15)22/h2-9,12,16H,10-11H2,1H3,(H,23,26). The first-order chi connectivity index (χ1) is 14.0. The van der Waals surface area contributed by atoms with Crippen LogP contribution in [-0.2, 0) is 16.1 Å². The van der Waals surface area contributed by atoms with Crippen LogP contribution in [0.4, 0.5) is 5.69 Å².